The molecule has 4 nitrogen and oxygen atoms in total. The number of non-ortho nitro benzene ring substituents is 1. The lowest BCUT2D eigenvalue weighted by atomic mass is 10.0. The lowest BCUT2D eigenvalue weighted by Gasteiger charge is -2.27. The van der Waals surface area contributed by atoms with Crippen LogP contribution in [-0.4, -0.2) is 28.8 Å². The van der Waals surface area contributed by atoms with Crippen LogP contribution in [0.15, 0.2) is 36.4 Å². The number of hydrogen-bond donors (Lipinski definition) is 0. The molecule has 0 saturated carbocycles. The Hall–Kier alpha value is -1.78. The molecule has 1 aliphatic carbocycles. The lowest BCUT2D eigenvalue weighted by Crippen LogP contribution is -2.33. The molecule has 0 saturated heterocycles. The first kappa shape index (κ1) is 18.0. The Morgan fingerprint density at radius 3 is 2.16 bits per heavy atom. The molecule has 132 valence electrons. The van der Waals surface area contributed by atoms with Gasteiger partial charge >= 0.3 is 0 Å². The second-order valence-corrected chi connectivity index (χ2v) is 8.07. The van der Waals surface area contributed by atoms with Gasteiger partial charge in [-0.05, 0) is 60.7 Å². The zero-order chi connectivity index (χ0) is 18.1. The second kappa shape index (κ2) is 7.22. The van der Waals surface area contributed by atoms with Gasteiger partial charge in [-0.25, -0.2) is 0 Å². The van der Waals surface area contributed by atoms with Gasteiger partial charge in [0.15, 0.2) is 0 Å². The highest BCUT2D eigenvalue weighted by atomic mass is 35.5. The van der Waals surface area contributed by atoms with E-state index >= 15 is 0 Å². The van der Waals surface area contributed by atoms with Crippen LogP contribution in [-0.2, 0) is 6.42 Å². The van der Waals surface area contributed by atoms with Crippen molar-refractivity contribution in [1.29, 1.82) is 0 Å². The third-order valence-electron chi connectivity index (χ3n) is 4.37. The summed E-state index contributed by atoms with van der Waals surface area (Å²) in [7, 11) is 0. The van der Waals surface area contributed by atoms with Crippen molar-refractivity contribution in [3.05, 3.63) is 57.6 Å². The summed E-state index contributed by atoms with van der Waals surface area (Å²) in [5.74, 6) is 0. The highest BCUT2D eigenvalue weighted by molar-refractivity contribution is 6.21. The first-order valence-electron chi connectivity index (χ1n) is 8.29. The summed E-state index contributed by atoms with van der Waals surface area (Å²) in [6, 6.07) is 11.4. The number of benzene rings is 2. The van der Waals surface area contributed by atoms with Gasteiger partial charge in [-0.1, -0.05) is 6.07 Å². The standard InChI is InChI=1S/C19H20Cl2N2O2/c1-12(20)10-22(11-13(2)21)16-3-5-18-14(8-16)7-15-9-17(23(24)25)4-6-19(15)18/h3-6,8-9,12-13H,7,10-11H2,1-2H3/t12-,13+. The van der Waals surface area contributed by atoms with Crippen molar-refractivity contribution in [3.8, 4) is 11.1 Å². The summed E-state index contributed by atoms with van der Waals surface area (Å²) in [4.78, 5) is 12.8. The highest BCUT2D eigenvalue weighted by Gasteiger charge is 2.22. The van der Waals surface area contributed by atoms with Crippen molar-refractivity contribution < 1.29 is 4.92 Å². The maximum atomic E-state index is 11.0. The molecule has 2 aromatic rings. The van der Waals surface area contributed by atoms with Crippen LogP contribution in [0.25, 0.3) is 11.1 Å². The summed E-state index contributed by atoms with van der Waals surface area (Å²) in [6.07, 6.45) is 0.709. The number of fused-ring (bicyclic) bond motifs is 3. The number of rotatable bonds is 6. The molecule has 0 heterocycles. The predicted molar refractivity (Wildman–Crippen MR) is 104 cm³/mol. The number of alkyl halides is 2. The monoisotopic (exact) mass is 378 g/mol. The number of hydrogen-bond acceptors (Lipinski definition) is 3. The van der Waals surface area contributed by atoms with Crippen LogP contribution in [0.5, 0.6) is 0 Å². The minimum Gasteiger partial charge on any atom is -0.369 e. The van der Waals surface area contributed by atoms with Gasteiger partial charge in [-0.3, -0.25) is 10.1 Å². The average molecular weight is 379 g/mol. The molecule has 0 fully saturated rings. The Morgan fingerprint density at radius 1 is 1.04 bits per heavy atom. The average Bonchev–Trinajstić information content (AvgIpc) is 2.89. The Balaban J connectivity index is 1.92. The van der Waals surface area contributed by atoms with Gasteiger partial charge in [0.25, 0.3) is 5.69 Å². The largest absolute Gasteiger partial charge is 0.369 e. The summed E-state index contributed by atoms with van der Waals surface area (Å²) < 4.78 is 0. The van der Waals surface area contributed by atoms with Crippen LogP contribution >= 0.6 is 23.2 Å². The lowest BCUT2D eigenvalue weighted by molar-refractivity contribution is -0.384. The van der Waals surface area contributed by atoms with Crippen LogP contribution in [0.1, 0.15) is 25.0 Å². The van der Waals surface area contributed by atoms with Gasteiger partial charge in [-0.15, -0.1) is 23.2 Å². The van der Waals surface area contributed by atoms with Crippen LogP contribution in [0, 0.1) is 10.1 Å². The quantitative estimate of drug-likeness (QED) is 0.335. The third-order valence-corrected chi connectivity index (χ3v) is 4.64. The van der Waals surface area contributed by atoms with Crippen molar-refractivity contribution in [3.63, 3.8) is 0 Å². The number of nitrogens with zero attached hydrogens (tertiary/aromatic N) is 2. The molecule has 0 amide bonds. The topological polar surface area (TPSA) is 46.4 Å². The van der Waals surface area contributed by atoms with Crippen molar-refractivity contribution in [2.45, 2.75) is 31.0 Å². The Bertz CT molecular complexity index is 796. The fourth-order valence-corrected chi connectivity index (χ4v) is 3.72. The minimum atomic E-state index is -0.347. The molecule has 0 bridgehead atoms. The van der Waals surface area contributed by atoms with Crippen molar-refractivity contribution in [2.24, 2.45) is 0 Å². The number of anilines is 1. The Morgan fingerprint density at radius 2 is 1.60 bits per heavy atom. The third kappa shape index (κ3) is 3.91. The van der Waals surface area contributed by atoms with E-state index in [1.54, 1.807) is 12.1 Å². The van der Waals surface area contributed by atoms with E-state index in [4.69, 9.17) is 23.2 Å². The van der Waals surface area contributed by atoms with E-state index < -0.39 is 0 Å². The van der Waals surface area contributed by atoms with E-state index in [9.17, 15) is 10.1 Å². The van der Waals surface area contributed by atoms with Gasteiger partial charge < -0.3 is 4.90 Å². The van der Waals surface area contributed by atoms with Gasteiger partial charge in [0.05, 0.1) is 4.92 Å². The number of nitro groups is 1. The molecule has 6 heteroatoms. The molecular formula is C19H20Cl2N2O2. The van der Waals surface area contributed by atoms with E-state index in [1.165, 1.54) is 5.56 Å². The maximum Gasteiger partial charge on any atom is 0.269 e. The molecule has 0 aromatic heterocycles. The van der Waals surface area contributed by atoms with Crippen LogP contribution < -0.4 is 4.90 Å². The fraction of sp³-hybridized carbons (Fsp3) is 0.368. The summed E-state index contributed by atoms with van der Waals surface area (Å²) in [5, 5.41) is 11.0. The van der Waals surface area contributed by atoms with Gasteiger partial charge in [0.1, 0.15) is 0 Å². The van der Waals surface area contributed by atoms with E-state index in [1.807, 2.05) is 19.9 Å². The smallest absolute Gasteiger partial charge is 0.269 e. The molecule has 0 radical (unpaired) electrons. The van der Waals surface area contributed by atoms with E-state index in [0.29, 0.717) is 6.42 Å². The zero-order valence-corrected chi connectivity index (χ0v) is 15.7. The first-order valence-corrected chi connectivity index (χ1v) is 9.16. The molecule has 0 spiro atoms. The normalized spacial score (nSPS) is 14.6. The Kier molecular flexibility index (Phi) is 5.21. The SMILES string of the molecule is C[C@H](Cl)CN(C[C@@H](C)Cl)c1ccc2c(c1)Cc1cc([N+](=O)[O-])ccc1-2. The molecular weight excluding hydrogens is 359 g/mol. The zero-order valence-electron chi connectivity index (χ0n) is 14.2. The van der Waals surface area contributed by atoms with Crippen LogP contribution in [0.4, 0.5) is 11.4 Å². The van der Waals surface area contributed by atoms with E-state index in [0.717, 1.165) is 35.5 Å². The van der Waals surface area contributed by atoms with Gasteiger partial charge in [0, 0.05) is 41.7 Å². The van der Waals surface area contributed by atoms with Crippen molar-refractivity contribution >= 4 is 34.6 Å². The minimum absolute atomic E-state index is 0.0171. The van der Waals surface area contributed by atoms with Gasteiger partial charge in [-0.2, -0.15) is 0 Å². The predicted octanol–water partition coefficient (Wildman–Crippen LogP) is 5.23. The molecule has 1 aliphatic rings. The first-order chi connectivity index (χ1) is 11.8. The highest BCUT2D eigenvalue weighted by Crippen LogP contribution is 2.40. The Labute approximate surface area is 157 Å². The van der Waals surface area contributed by atoms with E-state index in [-0.39, 0.29) is 21.4 Å². The summed E-state index contributed by atoms with van der Waals surface area (Å²) >= 11 is 12.4. The summed E-state index contributed by atoms with van der Waals surface area (Å²) in [6.45, 7) is 5.37. The molecule has 3 rings (SSSR count). The molecule has 0 aliphatic heterocycles. The van der Waals surface area contributed by atoms with Gasteiger partial charge in [0.2, 0.25) is 0 Å². The van der Waals surface area contributed by atoms with Crippen LogP contribution in [0.2, 0.25) is 0 Å². The molecule has 0 unspecified atom stereocenters. The van der Waals surface area contributed by atoms with Crippen LogP contribution in [0.3, 0.4) is 0 Å². The maximum absolute atomic E-state index is 11.0. The number of nitro benzene ring substituents is 1. The molecule has 0 N–H and O–H groups in total. The molecule has 25 heavy (non-hydrogen) atoms. The van der Waals surface area contributed by atoms with E-state index in [2.05, 4.69) is 23.1 Å². The molecule has 2 aromatic carbocycles. The summed E-state index contributed by atoms with van der Waals surface area (Å²) in [5.41, 5.74) is 5.63. The number of halogens is 2. The second-order valence-electron chi connectivity index (χ2n) is 6.58. The van der Waals surface area contributed by atoms with Crippen molar-refractivity contribution in [2.75, 3.05) is 18.0 Å². The van der Waals surface area contributed by atoms with Crippen molar-refractivity contribution in [1.82, 2.24) is 0 Å². The molecule has 2 atom stereocenters. The fourth-order valence-electron chi connectivity index (χ4n) is 3.39.